The predicted octanol–water partition coefficient (Wildman–Crippen LogP) is 3.57. The van der Waals surface area contributed by atoms with E-state index in [-0.39, 0.29) is 12.5 Å². The number of carbonyl (C=O) groups excluding carboxylic acids is 1. The smallest absolute Gasteiger partial charge is 0.243 e. The van der Waals surface area contributed by atoms with Crippen molar-refractivity contribution in [3.63, 3.8) is 0 Å². The molecule has 106 valence electrons. The van der Waals surface area contributed by atoms with E-state index in [2.05, 4.69) is 16.7 Å². The first-order chi connectivity index (χ1) is 10.1. The minimum atomic E-state index is -0.164. The molecule has 0 aliphatic carbocycles. The molecule has 0 spiro atoms. The minimum absolute atomic E-state index is 0.122. The van der Waals surface area contributed by atoms with Gasteiger partial charge in [-0.1, -0.05) is 17.7 Å². The van der Waals surface area contributed by atoms with Gasteiger partial charge in [-0.2, -0.15) is 5.26 Å². The zero-order valence-corrected chi connectivity index (χ0v) is 12.2. The number of carbonyl (C=O) groups is 1. The van der Waals surface area contributed by atoms with Crippen LogP contribution in [0.4, 0.5) is 11.4 Å². The molecule has 0 bridgehead atoms. The Kier molecular flexibility index (Phi) is 4.81. The number of anilines is 2. The summed E-state index contributed by atoms with van der Waals surface area (Å²) in [6, 6.07) is 14.3. The summed E-state index contributed by atoms with van der Waals surface area (Å²) in [4.78, 5) is 11.9. The Morgan fingerprint density at radius 3 is 2.81 bits per heavy atom. The van der Waals surface area contributed by atoms with Crippen LogP contribution >= 0.6 is 11.6 Å². The van der Waals surface area contributed by atoms with Crippen molar-refractivity contribution in [1.82, 2.24) is 0 Å². The number of aryl methyl sites for hydroxylation is 1. The first-order valence-corrected chi connectivity index (χ1v) is 6.76. The van der Waals surface area contributed by atoms with E-state index < -0.39 is 0 Å². The molecule has 4 nitrogen and oxygen atoms in total. The summed E-state index contributed by atoms with van der Waals surface area (Å²) in [5.74, 6) is -0.164. The average Bonchev–Trinajstić information content (AvgIpc) is 2.48. The summed E-state index contributed by atoms with van der Waals surface area (Å²) in [6.07, 6.45) is 0. The van der Waals surface area contributed by atoms with Gasteiger partial charge in [-0.25, -0.2) is 0 Å². The number of benzene rings is 2. The van der Waals surface area contributed by atoms with Gasteiger partial charge in [0.25, 0.3) is 0 Å². The van der Waals surface area contributed by atoms with Crippen LogP contribution in [-0.2, 0) is 4.79 Å². The normalized spacial score (nSPS) is 9.76. The summed E-state index contributed by atoms with van der Waals surface area (Å²) in [5, 5.41) is 15.2. The third-order valence-electron chi connectivity index (χ3n) is 2.91. The molecule has 2 aromatic carbocycles. The van der Waals surface area contributed by atoms with Crippen LogP contribution in [0.2, 0.25) is 5.02 Å². The van der Waals surface area contributed by atoms with E-state index in [1.807, 2.05) is 13.0 Å². The monoisotopic (exact) mass is 299 g/mol. The second kappa shape index (κ2) is 6.78. The molecule has 2 N–H and O–H groups in total. The molecule has 0 aliphatic rings. The molecule has 21 heavy (non-hydrogen) atoms. The van der Waals surface area contributed by atoms with Gasteiger partial charge in [-0.15, -0.1) is 0 Å². The van der Waals surface area contributed by atoms with Crippen LogP contribution < -0.4 is 10.6 Å². The maximum atomic E-state index is 11.9. The van der Waals surface area contributed by atoms with Crippen LogP contribution in [0.1, 0.15) is 11.1 Å². The fourth-order valence-corrected chi connectivity index (χ4v) is 2.07. The van der Waals surface area contributed by atoms with E-state index in [1.165, 1.54) is 0 Å². The Balaban J connectivity index is 1.94. The van der Waals surface area contributed by atoms with Crippen molar-refractivity contribution in [2.24, 2.45) is 0 Å². The average molecular weight is 300 g/mol. The SMILES string of the molecule is Cc1cc(Cl)ccc1NC(=O)CNc1cccc(C#N)c1. The molecule has 0 saturated heterocycles. The van der Waals surface area contributed by atoms with Gasteiger partial charge >= 0.3 is 0 Å². The summed E-state index contributed by atoms with van der Waals surface area (Å²) in [6.45, 7) is 2.00. The first kappa shape index (κ1) is 14.9. The van der Waals surface area contributed by atoms with Crippen LogP contribution in [0.15, 0.2) is 42.5 Å². The van der Waals surface area contributed by atoms with Crippen LogP contribution in [-0.4, -0.2) is 12.5 Å². The lowest BCUT2D eigenvalue weighted by molar-refractivity contribution is -0.114. The number of nitrogens with one attached hydrogen (secondary N) is 2. The first-order valence-electron chi connectivity index (χ1n) is 6.38. The maximum Gasteiger partial charge on any atom is 0.243 e. The summed E-state index contributed by atoms with van der Waals surface area (Å²) < 4.78 is 0. The quantitative estimate of drug-likeness (QED) is 0.907. The number of halogens is 1. The molecule has 0 aliphatic heterocycles. The van der Waals surface area contributed by atoms with Crippen molar-refractivity contribution in [2.75, 3.05) is 17.2 Å². The van der Waals surface area contributed by atoms with E-state index in [1.54, 1.807) is 36.4 Å². The molecule has 0 radical (unpaired) electrons. The zero-order valence-electron chi connectivity index (χ0n) is 11.5. The van der Waals surface area contributed by atoms with E-state index in [9.17, 15) is 4.79 Å². The lowest BCUT2D eigenvalue weighted by atomic mass is 10.2. The van der Waals surface area contributed by atoms with Gasteiger partial charge in [0, 0.05) is 16.4 Å². The lowest BCUT2D eigenvalue weighted by Crippen LogP contribution is -2.22. The lowest BCUT2D eigenvalue weighted by Gasteiger charge is -2.10. The summed E-state index contributed by atoms with van der Waals surface area (Å²) >= 11 is 5.87. The number of hydrogen-bond donors (Lipinski definition) is 2. The third kappa shape index (κ3) is 4.23. The molecular formula is C16H14ClN3O. The van der Waals surface area contributed by atoms with E-state index >= 15 is 0 Å². The molecule has 0 fully saturated rings. The summed E-state index contributed by atoms with van der Waals surface area (Å²) in [7, 11) is 0. The van der Waals surface area contributed by atoms with Crippen LogP contribution in [0.3, 0.4) is 0 Å². The molecule has 5 heteroatoms. The van der Waals surface area contributed by atoms with Gasteiger partial charge in [0.1, 0.15) is 0 Å². The Morgan fingerprint density at radius 1 is 1.29 bits per heavy atom. The maximum absolute atomic E-state index is 11.9. The fourth-order valence-electron chi connectivity index (χ4n) is 1.84. The van der Waals surface area contributed by atoms with E-state index in [0.717, 1.165) is 16.9 Å². The Hall–Kier alpha value is -2.51. The van der Waals surface area contributed by atoms with Gasteiger partial charge in [0.05, 0.1) is 18.2 Å². The molecule has 0 aromatic heterocycles. The largest absolute Gasteiger partial charge is 0.376 e. The molecule has 0 saturated carbocycles. The highest BCUT2D eigenvalue weighted by atomic mass is 35.5. The van der Waals surface area contributed by atoms with Crippen molar-refractivity contribution in [2.45, 2.75) is 6.92 Å². The second-order valence-corrected chi connectivity index (χ2v) is 4.99. The molecular weight excluding hydrogens is 286 g/mol. The number of hydrogen-bond acceptors (Lipinski definition) is 3. The minimum Gasteiger partial charge on any atom is -0.376 e. The van der Waals surface area contributed by atoms with Gasteiger partial charge in [-0.3, -0.25) is 4.79 Å². The van der Waals surface area contributed by atoms with Gasteiger partial charge in [0.15, 0.2) is 0 Å². The van der Waals surface area contributed by atoms with Crippen LogP contribution in [0, 0.1) is 18.3 Å². The van der Waals surface area contributed by atoms with Gasteiger partial charge in [-0.05, 0) is 48.9 Å². The summed E-state index contributed by atoms with van der Waals surface area (Å²) in [5.41, 5.74) is 2.92. The standard InChI is InChI=1S/C16H14ClN3O/c1-11-7-13(17)5-6-15(11)20-16(21)10-19-14-4-2-3-12(8-14)9-18/h2-8,19H,10H2,1H3,(H,20,21). The molecule has 0 atom stereocenters. The van der Waals surface area contributed by atoms with Crippen molar-refractivity contribution in [3.05, 3.63) is 58.6 Å². The van der Waals surface area contributed by atoms with Crippen molar-refractivity contribution < 1.29 is 4.79 Å². The number of nitriles is 1. The van der Waals surface area contributed by atoms with E-state index in [4.69, 9.17) is 16.9 Å². The third-order valence-corrected chi connectivity index (χ3v) is 3.14. The number of rotatable bonds is 4. The fraction of sp³-hybridized carbons (Fsp3) is 0.125. The van der Waals surface area contributed by atoms with Crippen LogP contribution in [0.5, 0.6) is 0 Å². The van der Waals surface area contributed by atoms with Gasteiger partial charge in [0.2, 0.25) is 5.91 Å². The van der Waals surface area contributed by atoms with Crippen LogP contribution in [0.25, 0.3) is 0 Å². The Morgan fingerprint density at radius 2 is 2.10 bits per heavy atom. The van der Waals surface area contributed by atoms with Crippen molar-refractivity contribution in [1.29, 1.82) is 5.26 Å². The zero-order chi connectivity index (χ0) is 15.2. The highest BCUT2D eigenvalue weighted by Crippen LogP contribution is 2.19. The van der Waals surface area contributed by atoms with Gasteiger partial charge < -0.3 is 10.6 Å². The molecule has 2 aromatic rings. The number of amides is 1. The highest BCUT2D eigenvalue weighted by Gasteiger charge is 2.05. The Bertz CT molecular complexity index is 707. The molecule has 1 amide bonds. The molecule has 0 heterocycles. The number of nitrogens with zero attached hydrogens (tertiary/aromatic N) is 1. The predicted molar refractivity (Wildman–Crippen MR) is 84.5 cm³/mol. The van der Waals surface area contributed by atoms with E-state index in [0.29, 0.717) is 10.6 Å². The van der Waals surface area contributed by atoms with Crippen molar-refractivity contribution in [3.8, 4) is 6.07 Å². The van der Waals surface area contributed by atoms with Crippen molar-refractivity contribution >= 4 is 28.9 Å². The molecule has 0 unspecified atom stereocenters. The molecule has 2 rings (SSSR count). The Labute approximate surface area is 128 Å². The second-order valence-electron chi connectivity index (χ2n) is 4.55. The highest BCUT2D eigenvalue weighted by molar-refractivity contribution is 6.30. The topological polar surface area (TPSA) is 64.9 Å².